The summed E-state index contributed by atoms with van der Waals surface area (Å²) in [6.07, 6.45) is 0. The number of non-ortho nitro benzene ring substituents is 1. The van der Waals surface area contributed by atoms with Gasteiger partial charge in [-0.25, -0.2) is 0 Å². The first-order valence-electron chi connectivity index (χ1n) is 6.77. The van der Waals surface area contributed by atoms with E-state index in [4.69, 9.17) is 0 Å². The molecule has 0 saturated heterocycles. The number of nitrogens with zero attached hydrogens (tertiary/aromatic N) is 3. The van der Waals surface area contributed by atoms with E-state index in [0.717, 1.165) is 15.0 Å². The lowest BCUT2D eigenvalue weighted by Gasteiger charge is -2.18. The van der Waals surface area contributed by atoms with E-state index < -0.39 is 0 Å². The molecule has 0 bridgehead atoms. The summed E-state index contributed by atoms with van der Waals surface area (Å²) in [6, 6.07) is 6.70. The van der Waals surface area contributed by atoms with E-state index in [2.05, 4.69) is 36.3 Å². The van der Waals surface area contributed by atoms with E-state index >= 15 is 0 Å². The number of nitro groups is 1. The lowest BCUT2D eigenvalue weighted by molar-refractivity contribution is -0.384. The fraction of sp³-hybridized carbons (Fsp3) is 0.429. The van der Waals surface area contributed by atoms with Gasteiger partial charge in [-0.2, -0.15) is 0 Å². The maximum atomic E-state index is 10.8. The van der Waals surface area contributed by atoms with E-state index in [9.17, 15) is 10.1 Å². The molecule has 6 nitrogen and oxygen atoms in total. The zero-order valence-electron chi connectivity index (χ0n) is 12.9. The molecule has 0 saturated carbocycles. The molecule has 118 valence electrons. The Morgan fingerprint density at radius 2 is 2.09 bits per heavy atom. The molecule has 0 unspecified atom stereocenters. The first kappa shape index (κ1) is 16.7. The van der Waals surface area contributed by atoms with Crippen molar-refractivity contribution in [3.8, 4) is 0 Å². The molecule has 0 fully saturated rings. The molecule has 0 radical (unpaired) electrons. The summed E-state index contributed by atoms with van der Waals surface area (Å²) >= 11 is 3.04. The number of aromatic nitrogens is 2. The van der Waals surface area contributed by atoms with Gasteiger partial charge >= 0.3 is 0 Å². The Hall–Kier alpha value is -1.67. The molecular formula is C14H18N4O2S2. The number of hydrogen-bond donors (Lipinski definition) is 1. The number of hydrogen-bond acceptors (Lipinski definition) is 7. The number of thioether (sulfide) groups is 1. The molecule has 2 rings (SSSR count). The molecule has 1 aromatic heterocycles. The second-order valence-corrected chi connectivity index (χ2v) is 8.43. The number of anilines is 1. The van der Waals surface area contributed by atoms with Gasteiger partial charge < -0.3 is 5.32 Å². The van der Waals surface area contributed by atoms with Crippen molar-refractivity contribution in [1.82, 2.24) is 10.2 Å². The van der Waals surface area contributed by atoms with Gasteiger partial charge in [0, 0.05) is 22.9 Å². The first-order valence-corrected chi connectivity index (χ1v) is 8.47. The van der Waals surface area contributed by atoms with Crippen LogP contribution in [0.3, 0.4) is 0 Å². The van der Waals surface area contributed by atoms with Crippen molar-refractivity contribution in [1.29, 1.82) is 0 Å². The number of nitro benzene ring substituents is 1. The zero-order chi connectivity index (χ0) is 16.3. The van der Waals surface area contributed by atoms with Crippen molar-refractivity contribution in [3.05, 3.63) is 39.9 Å². The van der Waals surface area contributed by atoms with E-state index in [1.54, 1.807) is 23.9 Å². The Morgan fingerprint density at radius 1 is 1.36 bits per heavy atom. The third-order valence-corrected chi connectivity index (χ3v) is 4.80. The molecule has 0 aliphatic rings. The maximum Gasteiger partial charge on any atom is 0.269 e. The average Bonchev–Trinajstić information content (AvgIpc) is 2.83. The Bertz CT molecular complexity index is 667. The minimum atomic E-state index is -0.378. The largest absolute Gasteiger partial charge is 0.355 e. The van der Waals surface area contributed by atoms with Crippen LogP contribution in [0.2, 0.25) is 0 Å². The van der Waals surface area contributed by atoms with E-state index in [1.165, 1.54) is 17.4 Å². The minimum Gasteiger partial charge on any atom is -0.355 e. The van der Waals surface area contributed by atoms with Crippen LogP contribution in [0.4, 0.5) is 10.8 Å². The highest BCUT2D eigenvalue weighted by Gasteiger charge is 2.16. The summed E-state index contributed by atoms with van der Waals surface area (Å²) < 4.78 is 0.839. The SMILES string of the molecule is C[C@@H](Sc1nnc(NC(C)(C)C)s1)c1cccc([N+](=O)[O-])c1. The van der Waals surface area contributed by atoms with E-state index in [0.29, 0.717) is 0 Å². The molecule has 1 atom stereocenters. The number of nitrogens with one attached hydrogen (secondary N) is 1. The number of benzene rings is 1. The summed E-state index contributed by atoms with van der Waals surface area (Å²) in [6.45, 7) is 8.19. The highest BCUT2D eigenvalue weighted by molar-refractivity contribution is 8.01. The van der Waals surface area contributed by atoms with Gasteiger partial charge in [0.15, 0.2) is 4.34 Å². The van der Waals surface area contributed by atoms with Gasteiger partial charge in [0.1, 0.15) is 0 Å². The molecular weight excluding hydrogens is 320 g/mol. The van der Waals surface area contributed by atoms with Crippen LogP contribution in [-0.4, -0.2) is 20.7 Å². The van der Waals surface area contributed by atoms with Gasteiger partial charge in [-0.05, 0) is 33.3 Å². The van der Waals surface area contributed by atoms with Crippen LogP contribution in [0.15, 0.2) is 28.6 Å². The Balaban J connectivity index is 2.07. The van der Waals surface area contributed by atoms with Crippen molar-refractivity contribution in [3.63, 3.8) is 0 Å². The Kier molecular flexibility index (Phi) is 5.02. The molecule has 0 amide bonds. The molecule has 22 heavy (non-hydrogen) atoms. The van der Waals surface area contributed by atoms with Gasteiger partial charge in [0.05, 0.1) is 4.92 Å². The second-order valence-electron chi connectivity index (χ2n) is 5.86. The van der Waals surface area contributed by atoms with Crippen molar-refractivity contribution in [2.75, 3.05) is 5.32 Å². The molecule has 1 heterocycles. The average molecular weight is 338 g/mol. The maximum absolute atomic E-state index is 10.8. The topological polar surface area (TPSA) is 81.0 Å². The van der Waals surface area contributed by atoms with Crippen LogP contribution in [0, 0.1) is 10.1 Å². The van der Waals surface area contributed by atoms with Crippen LogP contribution in [0.25, 0.3) is 0 Å². The monoisotopic (exact) mass is 338 g/mol. The zero-order valence-corrected chi connectivity index (χ0v) is 14.5. The molecule has 0 aliphatic heterocycles. The fourth-order valence-corrected chi connectivity index (χ4v) is 3.96. The summed E-state index contributed by atoms with van der Waals surface area (Å²) in [5, 5.41) is 23.2. The normalized spacial score (nSPS) is 12.9. The smallest absolute Gasteiger partial charge is 0.269 e. The van der Waals surface area contributed by atoms with Gasteiger partial charge in [-0.15, -0.1) is 10.2 Å². The van der Waals surface area contributed by atoms with E-state index in [-0.39, 0.29) is 21.4 Å². The third kappa shape index (κ3) is 4.67. The molecule has 0 aliphatic carbocycles. The fourth-order valence-electron chi connectivity index (χ4n) is 1.74. The van der Waals surface area contributed by atoms with Crippen molar-refractivity contribution >= 4 is 33.9 Å². The molecule has 1 N–H and O–H groups in total. The van der Waals surface area contributed by atoms with Gasteiger partial charge in [-0.3, -0.25) is 10.1 Å². The van der Waals surface area contributed by atoms with Gasteiger partial charge in [0.2, 0.25) is 5.13 Å². The molecule has 8 heteroatoms. The van der Waals surface area contributed by atoms with Gasteiger partial charge in [-0.1, -0.05) is 35.2 Å². The van der Waals surface area contributed by atoms with Crippen LogP contribution in [0.5, 0.6) is 0 Å². The minimum absolute atomic E-state index is 0.0624. The predicted octanol–water partition coefficient (Wildman–Crippen LogP) is 4.51. The van der Waals surface area contributed by atoms with Crippen LogP contribution >= 0.6 is 23.1 Å². The summed E-state index contributed by atoms with van der Waals surface area (Å²) in [7, 11) is 0. The summed E-state index contributed by atoms with van der Waals surface area (Å²) in [5.74, 6) is 0. The standard InChI is InChI=1S/C14H18N4O2S2/c1-9(10-6-5-7-11(8-10)18(19)20)21-13-17-16-12(22-13)15-14(2,3)4/h5-9H,1-4H3,(H,15,16)/t9-/m1/s1. The lowest BCUT2D eigenvalue weighted by Crippen LogP contribution is -2.25. The molecule has 1 aromatic carbocycles. The molecule has 0 spiro atoms. The first-order chi connectivity index (χ1) is 10.2. The highest BCUT2D eigenvalue weighted by Crippen LogP contribution is 2.38. The van der Waals surface area contributed by atoms with Crippen LogP contribution in [0.1, 0.15) is 38.5 Å². The Morgan fingerprint density at radius 3 is 2.73 bits per heavy atom. The van der Waals surface area contributed by atoms with Crippen molar-refractivity contribution < 1.29 is 4.92 Å². The van der Waals surface area contributed by atoms with Crippen LogP contribution < -0.4 is 5.32 Å². The van der Waals surface area contributed by atoms with Gasteiger partial charge in [0.25, 0.3) is 5.69 Å². The van der Waals surface area contributed by atoms with E-state index in [1.807, 2.05) is 13.0 Å². The van der Waals surface area contributed by atoms with Crippen LogP contribution in [-0.2, 0) is 0 Å². The second kappa shape index (κ2) is 6.62. The van der Waals surface area contributed by atoms with Crippen molar-refractivity contribution in [2.45, 2.75) is 42.8 Å². The van der Waals surface area contributed by atoms with Crippen molar-refractivity contribution in [2.24, 2.45) is 0 Å². The Labute approximate surface area is 137 Å². The summed E-state index contributed by atoms with van der Waals surface area (Å²) in [4.78, 5) is 10.5. The highest BCUT2D eigenvalue weighted by atomic mass is 32.2. The predicted molar refractivity (Wildman–Crippen MR) is 90.7 cm³/mol. The summed E-state index contributed by atoms with van der Waals surface area (Å²) in [5.41, 5.74) is 0.949. The molecule has 2 aromatic rings. The quantitative estimate of drug-likeness (QED) is 0.491. The number of rotatable bonds is 5. The lowest BCUT2D eigenvalue weighted by atomic mass is 10.1. The third-order valence-electron chi connectivity index (χ3n) is 2.72.